The number of sulfonamides is 1. The lowest BCUT2D eigenvalue weighted by Crippen LogP contribution is -2.30. The molecule has 114 valence electrons. The summed E-state index contributed by atoms with van der Waals surface area (Å²) in [5.74, 6) is 0. The number of hydrogen-bond donors (Lipinski definition) is 3. The van der Waals surface area contributed by atoms with E-state index >= 15 is 0 Å². The standard InChI is InChI=1S/C14H24N2O3S/c1-4-12(17)9-10-15-13-7-5-6-8-14(13)20(18,19)16-11(2)3/h5-8,11-12,15-17H,4,9-10H2,1-3H3. The predicted octanol–water partition coefficient (Wildman–Crippen LogP) is 1.95. The van der Waals surface area contributed by atoms with E-state index in [4.69, 9.17) is 0 Å². The van der Waals surface area contributed by atoms with E-state index in [1.54, 1.807) is 38.1 Å². The van der Waals surface area contributed by atoms with Crippen molar-refractivity contribution in [2.75, 3.05) is 11.9 Å². The first-order valence-electron chi connectivity index (χ1n) is 6.90. The third kappa shape index (κ3) is 5.11. The van der Waals surface area contributed by atoms with Crippen LogP contribution in [0.4, 0.5) is 5.69 Å². The molecule has 0 aromatic heterocycles. The summed E-state index contributed by atoms with van der Waals surface area (Å²) in [6.07, 6.45) is 0.916. The lowest BCUT2D eigenvalue weighted by Gasteiger charge is -2.15. The van der Waals surface area contributed by atoms with Crippen LogP contribution in [0.5, 0.6) is 0 Å². The van der Waals surface area contributed by atoms with Gasteiger partial charge < -0.3 is 10.4 Å². The second kappa shape index (κ2) is 7.61. The minimum atomic E-state index is -3.52. The predicted molar refractivity (Wildman–Crippen MR) is 81.3 cm³/mol. The first-order valence-corrected chi connectivity index (χ1v) is 8.38. The number of benzene rings is 1. The second-order valence-electron chi connectivity index (χ2n) is 5.05. The molecular formula is C14H24N2O3S. The van der Waals surface area contributed by atoms with Gasteiger partial charge in [-0.3, -0.25) is 0 Å². The number of anilines is 1. The molecule has 0 aliphatic rings. The van der Waals surface area contributed by atoms with Crippen molar-refractivity contribution in [2.24, 2.45) is 0 Å². The van der Waals surface area contributed by atoms with Crippen LogP contribution in [0.25, 0.3) is 0 Å². The van der Waals surface area contributed by atoms with E-state index < -0.39 is 10.0 Å². The Morgan fingerprint density at radius 1 is 1.25 bits per heavy atom. The van der Waals surface area contributed by atoms with Gasteiger partial charge in [-0.05, 0) is 38.8 Å². The van der Waals surface area contributed by atoms with Crippen molar-refractivity contribution in [2.45, 2.75) is 50.7 Å². The van der Waals surface area contributed by atoms with Gasteiger partial charge in [0.2, 0.25) is 10.0 Å². The highest BCUT2D eigenvalue weighted by Gasteiger charge is 2.18. The summed E-state index contributed by atoms with van der Waals surface area (Å²) in [5, 5.41) is 12.6. The Hall–Kier alpha value is -1.11. The molecule has 0 heterocycles. The molecule has 0 radical (unpaired) electrons. The fourth-order valence-corrected chi connectivity index (χ4v) is 3.23. The van der Waals surface area contributed by atoms with Crippen LogP contribution in [0, 0.1) is 0 Å². The number of nitrogens with one attached hydrogen (secondary N) is 2. The van der Waals surface area contributed by atoms with E-state index in [9.17, 15) is 13.5 Å². The molecule has 1 unspecified atom stereocenters. The monoisotopic (exact) mass is 300 g/mol. The maximum atomic E-state index is 12.2. The molecule has 5 nitrogen and oxygen atoms in total. The average molecular weight is 300 g/mol. The normalized spacial score (nSPS) is 13.4. The number of rotatable bonds is 8. The molecule has 0 saturated heterocycles. The lowest BCUT2D eigenvalue weighted by atomic mass is 10.2. The molecular weight excluding hydrogens is 276 g/mol. The number of aliphatic hydroxyl groups is 1. The Balaban J connectivity index is 2.83. The van der Waals surface area contributed by atoms with E-state index in [1.165, 1.54) is 0 Å². The van der Waals surface area contributed by atoms with Crippen molar-refractivity contribution < 1.29 is 13.5 Å². The van der Waals surface area contributed by atoms with Gasteiger partial charge in [-0.15, -0.1) is 0 Å². The summed E-state index contributed by atoms with van der Waals surface area (Å²) >= 11 is 0. The van der Waals surface area contributed by atoms with Gasteiger partial charge in [0.05, 0.1) is 11.8 Å². The van der Waals surface area contributed by atoms with Gasteiger partial charge in [0.15, 0.2) is 0 Å². The first kappa shape index (κ1) is 16.9. The fourth-order valence-electron chi connectivity index (χ4n) is 1.80. The SMILES string of the molecule is CCC(O)CCNc1ccccc1S(=O)(=O)NC(C)C. The zero-order valence-corrected chi connectivity index (χ0v) is 13.1. The summed E-state index contributed by atoms with van der Waals surface area (Å²) in [6, 6.07) is 6.62. The topological polar surface area (TPSA) is 78.4 Å². The van der Waals surface area contributed by atoms with Crippen molar-refractivity contribution >= 4 is 15.7 Å². The van der Waals surface area contributed by atoms with Gasteiger partial charge in [-0.2, -0.15) is 0 Å². The van der Waals surface area contributed by atoms with Crippen LogP contribution < -0.4 is 10.0 Å². The molecule has 0 amide bonds. The summed E-state index contributed by atoms with van der Waals surface area (Å²) in [6.45, 7) is 6.01. The van der Waals surface area contributed by atoms with Crippen molar-refractivity contribution in [3.63, 3.8) is 0 Å². The molecule has 0 aliphatic carbocycles. The Bertz CT molecular complexity index is 515. The summed E-state index contributed by atoms with van der Waals surface area (Å²) in [7, 11) is -3.52. The van der Waals surface area contributed by atoms with Crippen LogP contribution in [0.2, 0.25) is 0 Å². The van der Waals surface area contributed by atoms with E-state index in [0.717, 1.165) is 0 Å². The van der Waals surface area contributed by atoms with Crippen molar-refractivity contribution in [1.82, 2.24) is 4.72 Å². The quantitative estimate of drug-likeness (QED) is 0.685. The summed E-state index contributed by atoms with van der Waals surface area (Å²) in [5.41, 5.74) is 0.559. The molecule has 0 spiro atoms. The van der Waals surface area contributed by atoms with E-state index in [-0.39, 0.29) is 17.0 Å². The van der Waals surface area contributed by atoms with Crippen molar-refractivity contribution in [1.29, 1.82) is 0 Å². The molecule has 1 aromatic rings. The maximum Gasteiger partial charge on any atom is 0.242 e. The van der Waals surface area contributed by atoms with Crippen LogP contribution in [-0.2, 0) is 10.0 Å². The number of para-hydroxylation sites is 1. The van der Waals surface area contributed by atoms with E-state index in [1.807, 2.05) is 6.92 Å². The Morgan fingerprint density at radius 2 is 1.90 bits per heavy atom. The Morgan fingerprint density at radius 3 is 2.50 bits per heavy atom. The summed E-state index contributed by atoms with van der Waals surface area (Å²) in [4.78, 5) is 0.236. The molecule has 3 N–H and O–H groups in total. The molecule has 0 saturated carbocycles. The highest BCUT2D eigenvalue weighted by Crippen LogP contribution is 2.21. The van der Waals surface area contributed by atoms with Gasteiger partial charge >= 0.3 is 0 Å². The van der Waals surface area contributed by atoms with Crippen LogP contribution in [0.1, 0.15) is 33.6 Å². The lowest BCUT2D eigenvalue weighted by molar-refractivity contribution is 0.164. The molecule has 20 heavy (non-hydrogen) atoms. The van der Waals surface area contributed by atoms with Crippen molar-refractivity contribution in [3.8, 4) is 0 Å². The van der Waals surface area contributed by atoms with Gasteiger partial charge in [0, 0.05) is 12.6 Å². The number of hydrogen-bond acceptors (Lipinski definition) is 4. The largest absolute Gasteiger partial charge is 0.393 e. The minimum absolute atomic E-state index is 0.157. The third-order valence-electron chi connectivity index (χ3n) is 2.83. The molecule has 0 bridgehead atoms. The molecule has 1 atom stereocenters. The minimum Gasteiger partial charge on any atom is -0.393 e. The maximum absolute atomic E-state index is 12.2. The smallest absolute Gasteiger partial charge is 0.242 e. The molecule has 1 aromatic carbocycles. The molecule has 0 aliphatic heterocycles. The summed E-state index contributed by atoms with van der Waals surface area (Å²) < 4.78 is 27.0. The fraction of sp³-hybridized carbons (Fsp3) is 0.571. The second-order valence-corrected chi connectivity index (χ2v) is 6.73. The zero-order valence-electron chi connectivity index (χ0n) is 12.3. The number of aliphatic hydroxyl groups excluding tert-OH is 1. The highest BCUT2D eigenvalue weighted by molar-refractivity contribution is 7.89. The van der Waals surface area contributed by atoms with Crippen LogP contribution >= 0.6 is 0 Å². The van der Waals surface area contributed by atoms with Gasteiger partial charge in [-0.1, -0.05) is 19.1 Å². The molecule has 6 heteroatoms. The molecule has 1 rings (SSSR count). The zero-order chi connectivity index (χ0) is 15.2. The Kier molecular flexibility index (Phi) is 6.45. The van der Waals surface area contributed by atoms with E-state index in [0.29, 0.717) is 25.1 Å². The van der Waals surface area contributed by atoms with Gasteiger partial charge in [0.25, 0.3) is 0 Å². The van der Waals surface area contributed by atoms with Crippen LogP contribution in [0.15, 0.2) is 29.2 Å². The first-order chi connectivity index (χ1) is 9.36. The van der Waals surface area contributed by atoms with Gasteiger partial charge in [0.1, 0.15) is 4.90 Å². The Labute approximate surface area is 121 Å². The van der Waals surface area contributed by atoms with Crippen LogP contribution in [0.3, 0.4) is 0 Å². The third-order valence-corrected chi connectivity index (χ3v) is 4.55. The van der Waals surface area contributed by atoms with E-state index in [2.05, 4.69) is 10.0 Å². The van der Waals surface area contributed by atoms with Crippen LogP contribution in [-0.4, -0.2) is 32.2 Å². The van der Waals surface area contributed by atoms with Crippen molar-refractivity contribution in [3.05, 3.63) is 24.3 Å². The molecule has 0 fully saturated rings. The highest BCUT2D eigenvalue weighted by atomic mass is 32.2. The van der Waals surface area contributed by atoms with Gasteiger partial charge in [-0.25, -0.2) is 13.1 Å². The average Bonchev–Trinajstić information content (AvgIpc) is 2.37.